The second kappa shape index (κ2) is 5.44. The smallest absolute Gasteiger partial charge is 0.234 e. The molecular formula is C10H20N2O3. The molecule has 0 aliphatic carbocycles. The Bertz CT molecular complexity index is 223. The molecule has 1 fully saturated rings. The van der Waals surface area contributed by atoms with Crippen LogP contribution in [0.15, 0.2) is 0 Å². The van der Waals surface area contributed by atoms with Gasteiger partial charge in [0.25, 0.3) is 0 Å². The van der Waals surface area contributed by atoms with Crippen molar-refractivity contribution in [3.63, 3.8) is 0 Å². The zero-order valence-corrected chi connectivity index (χ0v) is 9.35. The van der Waals surface area contributed by atoms with E-state index in [-0.39, 0.29) is 30.8 Å². The molecule has 0 aromatic carbocycles. The van der Waals surface area contributed by atoms with Crippen LogP contribution < -0.4 is 5.73 Å². The Hall–Kier alpha value is -0.650. The van der Waals surface area contributed by atoms with Crippen LogP contribution in [0.3, 0.4) is 0 Å². The lowest BCUT2D eigenvalue weighted by molar-refractivity contribution is -0.134. The van der Waals surface area contributed by atoms with Crippen molar-refractivity contribution >= 4 is 5.91 Å². The average molecular weight is 216 g/mol. The van der Waals surface area contributed by atoms with Crippen LogP contribution >= 0.6 is 0 Å². The van der Waals surface area contributed by atoms with Gasteiger partial charge in [-0.2, -0.15) is 0 Å². The number of carbonyl (C=O) groups is 1. The maximum atomic E-state index is 11.2. The molecule has 0 spiro atoms. The normalized spacial score (nSPS) is 30.1. The third-order valence-electron chi connectivity index (χ3n) is 2.71. The van der Waals surface area contributed by atoms with Gasteiger partial charge in [-0.05, 0) is 13.3 Å². The van der Waals surface area contributed by atoms with E-state index >= 15 is 0 Å². The van der Waals surface area contributed by atoms with E-state index in [9.17, 15) is 4.79 Å². The predicted molar refractivity (Wildman–Crippen MR) is 56.3 cm³/mol. The van der Waals surface area contributed by atoms with E-state index in [1.54, 1.807) is 0 Å². The second-order valence-electron chi connectivity index (χ2n) is 4.03. The molecule has 88 valence electrons. The Kier molecular flexibility index (Phi) is 4.50. The first-order valence-corrected chi connectivity index (χ1v) is 5.38. The van der Waals surface area contributed by atoms with Crippen LogP contribution in [0, 0.1) is 0 Å². The molecule has 1 heterocycles. The molecule has 0 aromatic rings. The van der Waals surface area contributed by atoms with Crippen LogP contribution in [0.1, 0.15) is 20.3 Å². The summed E-state index contributed by atoms with van der Waals surface area (Å²) in [5.41, 5.74) is 5.33. The second-order valence-corrected chi connectivity index (χ2v) is 4.03. The molecule has 0 saturated carbocycles. The third-order valence-corrected chi connectivity index (χ3v) is 2.71. The largest absolute Gasteiger partial charge is 0.394 e. The lowest BCUT2D eigenvalue weighted by Crippen LogP contribution is -2.55. The van der Waals surface area contributed by atoms with Crippen LogP contribution in [0.4, 0.5) is 0 Å². The van der Waals surface area contributed by atoms with Crippen molar-refractivity contribution in [1.29, 1.82) is 0 Å². The third kappa shape index (κ3) is 3.15. The zero-order valence-electron chi connectivity index (χ0n) is 9.35. The van der Waals surface area contributed by atoms with Gasteiger partial charge in [-0.25, -0.2) is 0 Å². The minimum Gasteiger partial charge on any atom is -0.394 e. The number of aliphatic hydroxyl groups is 1. The number of hydrogen-bond donors (Lipinski definition) is 2. The summed E-state index contributed by atoms with van der Waals surface area (Å²) in [6, 6.07) is -0.245. The minimum absolute atomic E-state index is 0.0178. The topological polar surface area (TPSA) is 75.8 Å². The Balaban J connectivity index is 2.63. The molecule has 0 radical (unpaired) electrons. The molecule has 1 aliphatic rings. The molecule has 3 atom stereocenters. The molecule has 1 aliphatic heterocycles. The van der Waals surface area contributed by atoms with E-state index in [2.05, 4.69) is 0 Å². The fourth-order valence-corrected chi connectivity index (χ4v) is 2.08. The molecule has 15 heavy (non-hydrogen) atoms. The molecule has 1 amide bonds. The number of nitrogens with zero attached hydrogens (tertiary/aromatic N) is 1. The summed E-state index contributed by atoms with van der Waals surface area (Å²) in [6.45, 7) is 5.11. The molecule has 3 unspecified atom stereocenters. The van der Waals surface area contributed by atoms with Crippen molar-refractivity contribution in [3.8, 4) is 0 Å². The van der Waals surface area contributed by atoms with Gasteiger partial charge in [-0.15, -0.1) is 0 Å². The number of morpholine rings is 1. The highest BCUT2D eigenvalue weighted by atomic mass is 16.5. The first-order valence-electron chi connectivity index (χ1n) is 5.38. The highest BCUT2D eigenvalue weighted by Gasteiger charge is 2.31. The lowest BCUT2D eigenvalue weighted by Gasteiger charge is -2.39. The van der Waals surface area contributed by atoms with Crippen LogP contribution in [-0.4, -0.2) is 53.9 Å². The van der Waals surface area contributed by atoms with Gasteiger partial charge in [0, 0.05) is 13.1 Å². The van der Waals surface area contributed by atoms with E-state index in [1.807, 2.05) is 18.7 Å². The zero-order chi connectivity index (χ0) is 11.4. The number of hydrogen-bond acceptors (Lipinski definition) is 4. The molecule has 1 rings (SSSR count). The summed E-state index contributed by atoms with van der Waals surface area (Å²) < 4.78 is 5.50. The minimum atomic E-state index is -0.303. The van der Waals surface area contributed by atoms with Gasteiger partial charge in [0.2, 0.25) is 5.91 Å². The van der Waals surface area contributed by atoms with E-state index < -0.39 is 0 Å². The number of nitrogens with two attached hydrogens (primary N) is 1. The Morgan fingerprint density at radius 1 is 1.67 bits per heavy atom. The van der Waals surface area contributed by atoms with E-state index in [0.29, 0.717) is 19.5 Å². The molecule has 5 heteroatoms. The fraction of sp³-hybridized carbons (Fsp3) is 0.900. The number of rotatable bonds is 4. The average Bonchev–Trinajstić information content (AvgIpc) is 2.17. The molecule has 0 aromatic heterocycles. The molecule has 5 nitrogen and oxygen atoms in total. The molecular weight excluding hydrogens is 196 g/mol. The van der Waals surface area contributed by atoms with Gasteiger partial charge in [-0.3, -0.25) is 9.69 Å². The van der Waals surface area contributed by atoms with E-state index in [0.717, 1.165) is 0 Å². The summed E-state index contributed by atoms with van der Waals surface area (Å²) in [4.78, 5) is 13.2. The maximum absolute atomic E-state index is 11.2. The van der Waals surface area contributed by atoms with Gasteiger partial charge >= 0.3 is 0 Å². The van der Waals surface area contributed by atoms with Crippen LogP contribution in [0.2, 0.25) is 0 Å². The molecule has 0 bridgehead atoms. The lowest BCUT2D eigenvalue weighted by atomic mass is 10.1. The van der Waals surface area contributed by atoms with Gasteiger partial charge < -0.3 is 15.6 Å². The Morgan fingerprint density at radius 3 is 2.80 bits per heavy atom. The summed E-state index contributed by atoms with van der Waals surface area (Å²) in [5.74, 6) is -0.303. The van der Waals surface area contributed by atoms with Gasteiger partial charge in [0.15, 0.2) is 0 Å². The number of carbonyl (C=O) groups excluding carboxylic acids is 1. The highest BCUT2D eigenvalue weighted by molar-refractivity contribution is 5.79. The summed E-state index contributed by atoms with van der Waals surface area (Å²) in [7, 11) is 0. The van der Waals surface area contributed by atoms with Crippen molar-refractivity contribution in [2.45, 2.75) is 38.5 Å². The summed E-state index contributed by atoms with van der Waals surface area (Å²) >= 11 is 0. The van der Waals surface area contributed by atoms with Gasteiger partial charge in [0.1, 0.15) is 0 Å². The first kappa shape index (κ1) is 12.4. The summed E-state index contributed by atoms with van der Waals surface area (Å²) in [6.07, 6.45) is 0.520. The van der Waals surface area contributed by atoms with E-state index in [1.165, 1.54) is 0 Å². The molecule has 1 saturated heterocycles. The van der Waals surface area contributed by atoms with Crippen molar-refractivity contribution in [1.82, 2.24) is 4.90 Å². The highest BCUT2D eigenvalue weighted by Crippen LogP contribution is 2.15. The SMILES string of the molecule is CCC(C(N)=O)N1CC(C)OC(CO)C1. The number of aliphatic hydroxyl groups excluding tert-OH is 1. The number of ether oxygens (including phenoxy) is 1. The van der Waals surface area contributed by atoms with Crippen molar-refractivity contribution in [2.75, 3.05) is 19.7 Å². The van der Waals surface area contributed by atoms with Crippen molar-refractivity contribution in [2.24, 2.45) is 5.73 Å². The Morgan fingerprint density at radius 2 is 2.33 bits per heavy atom. The van der Waals surface area contributed by atoms with Crippen molar-refractivity contribution < 1.29 is 14.6 Å². The number of amides is 1. The summed E-state index contributed by atoms with van der Waals surface area (Å²) in [5, 5.41) is 9.05. The maximum Gasteiger partial charge on any atom is 0.234 e. The quantitative estimate of drug-likeness (QED) is 0.653. The van der Waals surface area contributed by atoms with Gasteiger partial charge in [-0.1, -0.05) is 6.92 Å². The standard InChI is InChI=1S/C10H20N2O3/c1-3-9(10(11)14)12-4-7(2)15-8(5-12)6-13/h7-9,13H,3-6H2,1-2H3,(H2,11,14). The monoisotopic (exact) mass is 216 g/mol. The van der Waals surface area contributed by atoms with E-state index in [4.69, 9.17) is 15.6 Å². The van der Waals surface area contributed by atoms with Crippen LogP contribution in [-0.2, 0) is 9.53 Å². The number of primary amides is 1. The van der Waals surface area contributed by atoms with Crippen LogP contribution in [0.25, 0.3) is 0 Å². The van der Waals surface area contributed by atoms with Crippen LogP contribution in [0.5, 0.6) is 0 Å². The van der Waals surface area contributed by atoms with Gasteiger partial charge in [0.05, 0.1) is 24.9 Å². The Labute approximate surface area is 90.2 Å². The first-order chi connectivity index (χ1) is 7.08. The molecule has 3 N–H and O–H groups in total. The fourth-order valence-electron chi connectivity index (χ4n) is 2.08. The predicted octanol–water partition coefficient (Wildman–Crippen LogP) is -0.668. The van der Waals surface area contributed by atoms with Crippen molar-refractivity contribution in [3.05, 3.63) is 0 Å².